The summed E-state index contributed by atoms with van der Waals surface area (Å²) in [4.78, 5) is 28.1. The Morgan fingerprint density at radius 1 is 1.17 bits per heavy atom. The zero-order valence-corrected chi connectivity index (χ0v) is 18.1. The van der Waals surface area contributed by atoms with Gasteiger partial charge in [0.15, 0.2) is 0 Å². The van der Waals surface area contributed by atoms with Crippen LogP contribution < -0.4 is 5.32 Å². The van der Waals surface area contributed by atoms with Gasteiger partial charge in [0, 0.05) is 31.1 Å². The van der Waals surface area contributed by atoms with Crippen molar-refractivity contribution in [1.82, 2.24) is 10.2 Å². The number of carbonyl (C=O) groups is 2. The predicted molar refractivity (Wildman–Crippen MR) is 118 cm³/mol. The highest BCUT2D eigenvalue weighted by molar-refractivity contribution is 6.30. The Balaban J connectivity index is 1.87. The second-order valence-electron chi connectivity index (χ2n) is 7.59. The second-order valence-corrected chi connectivity index (χ2v) is 8.03. The second kappa shape index (κ2) is 11.1. The maximum atomic E-state index is 13.3. The van der Waals surface area contributed by atoms with Crippen LogP contribution in [0.1, 0.15) is 49.8 Å². The molecule has 2 atom stereocenters. The molecule has 1 aliphatic heterocycles. The van der Waals surface area contributed by atoms with Crippen molar-refractivity contribution in [1.29, 1.82) is 0 Å². The van der Waals surface area contributed by atoms with E-state index in [0.29, 0.717) is 24.5 Å². The van der Waals surface area contributed by atoms with Crippen LogP contribution in [-0.2, 0) is 20.9 Å². The number of benzene rings is 2. The molecule has 1 aliphatic rings. The molecule has 3 rings (SSSR count). The Hall–Kier alpha value is -2.37. The summed E-state index contributed by atoms with van der Waals surface area (Å²) in [5, 5.41) is 3.65. The van der Waals surface area contributed by atoms with E-state index >= 15 is 0 Å². The third kappa shape index (κ3) is 6.07. The smallest absolute Gasteiger partial charge is 0.247 e. The van der Waals surface area contributed by atoms with Crippen molar-refractivity contribution in [3.05, 3.63) is 70.7 Å². The van der Waals surface area contributed by atoms with E-state index in [9.17, 15) is 9.59 Å². The lowest BCUT2D eigenvalue weighted by molar-refractivity contribution is -0.141. The van der Waals surface area contributed by atoms with Crippen LogP contribution in [0.3, 0.4) is 0 Å². The molecule has 1 N–H and O–H groups in total. The van der Waals surface area contributed by atoms with Crippen LogP contribution in [0.5, 0.6) is 0 Å². The highest BCUT2D eigenvalue weighted by Crippen LogP contribution is 2.25. The summed E-state index contributed by atoms with van der Waals surface area (Å²) in [6.07, 6.45) is 3.10. The molecule has 0 radical (unpaired) electrons. The molecule has 0 saturated carbocycles. The van der Waals surface area contributed by atoms with Crippen LogP contribution in [-0.4, -0.2) is 36.0 Å². The minimum atomic E-state index is -0.706. The number of amides is 2. The maximum absolute atomic E-state index is 13.3. The number of halogens is 1. The summed E-state index contributed by atoms with van der Waals surface area (Å²) in [7, 11) is 0. The van der Waals surface area contributed by atoms with Gasteiger partial charge in [0.1, 0.15) is 6.04 Å². The first kappa shape index (κ1) is 22.3. The van der Waals surface area contributed by atoms with E-state index in [-0.39, 0.29) is 17.9 Å². The highest BCUT2D eigenvalue weighted by atomic mass is 35.5. The monoisotopic (exact) mass is 428 g/mol. The van der Waals surface area contributed by atoms with Gasteiger partial charge in [-0.3, -0.25) is 9.59 Å². The summed E-state index contributed by atoms with van der Waals surface area (Å²) in [5.41, 5.74) is 1.72. The third-order valence-electron chi connectivity index (χ3n) is 5.25. The Bertz CT molecular complexity index is 820. The van der Waals surface area contributed by atoms with Crippen LogP contribution in [0.25, 0.3) is 0 Å². The molecular weight excluding hydrogens is 400 g/mol. The van der Waals surface area contributed by atoms with Crippen LogP contribution in [0, 0.1) is 0 Å². The summed E-state index contributed by atoms with van der Waals surface area (Å²) in [6, 6.07) is 16.1. The lowest BCUT2D eigenvalue weighted by Crippen LogP contribution is -2.45. The van der Waals surface area contributed by atoms with Crippen molar-refractivity contribution in [3.8, 4) is 0 Å². The van der Waals surface area contributed by atoms with E-state index in [4.69, 9.17) is 16.3 Å². The summed E-state index contributed by atoms with van der Waals surface area (Å²) in [6.45, 7) is 3.50. The standard InChI is InChI=1S/C24H29ClN2O3/c1-2-7-22(28)27(17-18-11-13-20(25)14-12-18)23(19-8-4-3-5-9-19)24(29)26-16-21-10-6-15-30-21/h3-5,8-9,11-14,21,23H,2,6-7,10,15-17H2,1H3,(H,26,29)/t21-,23+/m1/s1. The van der Waals surface area contributed by atoms with Gasteiger partial charge in [0.25, 0.3) is 0 Å². The van der Waals surface area contributed by atoms with Crippen molar-refractivity contribution in [2.45, 2.75) is 51.3 Å². The van der Waals surface area contributed by atoms with E-state index in [1.165, 1.54) is 0 Å². The lowest BCUT2D eigenvalue weighted by atomic mass is 10.0. The quantitative estimate of drug-likeness (QED) is 0.639. The Morgan fingerprint density at radius 3 is 2.53 bits per heavy atom. The Morgan fingerprint density at radius 2 is 1.90 bits per heavy atom. The van der Waals surface area contributed by atoms with Gasteiger partial charge in [0.05, 0.1) is 6.10 Å². The number of rotatable bonds is 9. The highest BCUT2D eigenvalue weighted by Gasteiger charge is 2.31. The van der Waals surface area contributed by atoms with Gasteiger partial charge in [-0.15, -0.1) is 0 Å². The molecule has 1 heterocycles. The zero-order chi connectivity index (χ0) is 21.3. The minimum absolute atomic E-state index is 0.0430. The van der Waals surface area contributed by atoms with E-state index < -0.39 is 6.04 Å². The fourth-order valence-corrected chi connectivity index (χ4v) is 3.82. The molecule has 30 heavy (non-hydrogen) atoms. The molecule has 0 bridgehead atoms. The first-order valence-corrected chi connectivity index (χ1v) is 10.9. The van der Waals surface area contributed by atoms with E-state index in [2.05, 4.69) is 5.32 Å². The van der Waals surface area contributed by atoms with Crippen LogP contribution >= 0.6 is 11.6 Å². The average molecular weight is 429 g/mol. The molecule has 1 fully saturated rings. The molecule has 0 aliphatic carbocycles. The van der Waals surface area contributed by atoms with Gasteiger partial charge >= 0.3 is 0 Å². The van der Waals surface area contributed by atoms with Gasteiger partial charge < -0.3 is 15.0 Å². The topological polar surface area (TPSA) is 58.6 Å². The summed E-state index contributed by atoms with van der Waals surface area (Å²) < 4.78 is 5.63. The summed E-state index contributed by atoms with van der Waals surface area (Å²) >= 11 is 6.02. The molecule has 2 amide bonds. The molecule has 0 aromatic heterocycles. The van der Waals surface area contributed by atoms with Crippen LogP contribution in [0.2, 0.25) is 5.02 Å². The fourth-order valence-electron chi connectivity index (χ4n) is 3.69. The first-order valence-electron chi connectivity index (χ1n) is 10.6. The number of hydrogen-bond donors (Lipinski definition) is 1. The van der Waals surface area contributed by atoms with Gasteiger partial charge in [-0.1, -0.05) is 61.0 Å². The van der Waals surface area contributed by atoms with Crippen LogP contribution in [0.4, 0.5) is 0 Å². The van der Waals surface area contributed by atoms with Gasteiger partial charge in [-0.25, -0.2) is 0 Å². The van der Waals surface area contributed by atoms with Crippen molar-refractivity contribution < 1.29 is 14.3 Å². The van der Waals surface area contributed by atoms with Gasteiger partial charge in [-0.05, 0) is 42.5 Å². The van der Waals surface area contributed by atoms with Crippen molar-refractivity contribution >= 4 is 23.4 Å². The number of carbonyl (C=O) groups excluding carboxylic acids is 2. The van der Waals surface area contributed by atoms with E-state index in [1.807, 2.05) is 49.4 Å². The molecule has 0 unspecified atom stereocenters. The van der Waals surface area contributed by atoms with Crippen LogP contribution in [0.15, 0.2) is 54.6 Å². The average Bonchev–Trinajstić information content (AvgIpc) is 3.28. The molecule has 6 heteroatoms. The number of nitrogens with zero attached hydrogens (tertiary/aromatic N) is 1. The predicted octanol–water partition coefficient (Wildman–Crippen LogP) is 4.51. The lowest BCUT2D eigenvalue weighted by Gasteiger charge is -2.32. The first-order chi connectivity index (χ1) is 14.6. The largest absolute Gasteiger partial charge is 0.376 e. The van der Waals surface area contributed by atoms with E-state index in [0.717, 1.165) is 37.0 Å². The zero-order valence-electron chi connectivity index (χ0n) is 17.4. The van der Waals surface area contributed by atoms with Crippen molar-refractivity contribution in [2.24, 2.45) is 0 Å². The van der Waals surface area contributed by atoms with Gasteiger partial charge in [-0.2, -0.15) is 0 Å². The number of nitrogens with one attached hydrogen (secondary N) is 1. The molecule has 2 aromatic carbocycles. The number of ether oxygens (including phenoxy) is 1. The van der Waals surface area contributed by atoms with E-state index in [1.54, 1.807) is 17.0 Å². The normalized spacial score (nSPS) is 16.8. The SMILES string of the molecule is CCCC(=O)N(Cc1ccc(Cl)cc1)[C@H](C(=O)NC[C@H]1CCCO1)c1ccccc1. The maximum Gasteiger partial charge on any atom is 0.247 e. The molecule has 1 saturated heterocycles. The number of hydrogen-bond acceptors (Lipinski definition) is 3. The molecule has 5 nitrogen and oxygen atoms in total. The van der Waals surface area contributed by atoms with Gasteiger partial charge in [0.2, 0.25) is 11.8 Å². The molecular formula is C24H29ClN2O3. The Kier molecular flexibility index (Phi) is 8.29. The minimum Gasteiger partial charge on any atom is -0.376 e. The fraction of sp³-hybridized carbons (Fsp3) is 0.417. The third-order valence-corrected chi connectivity index (χ3v) is 5.51. The Labute approximate surface area is 183 Å². The van der Waals surface area contributed by atoms with Crippen molar-refractivity contribution in [2.75, 3.05) is 13.2 Å². The van der Waals surface area contributed by atoms with Crippen molar-refractivity contribution in [3.63, 3.8) is 0 Å². The molecule has 0 spiro atoms. The molecule has 2 aromatic rings. The molecule has 160 valence electrons. The summed E-state index contributed by atoms with van der Waals surface area (Å²) in [5.74, 6) is -0.233.